The molecule has 0 saturated carbocycles. The van der Waals surface area contributed by atoms with Crippen LogP contribution in [0.5, 0.6) is 0 Å². The number of allylic oxidation sites excluding steroid dienone is 9. The summed E-state index contributed by atoms with van der Waals surface area (Å²) in [6.07, 6.45) is 28.8. The van der Waals surface area contributed by atoms with Crippen LogP contribution in [0.4, 0.5) is 4.39 Å². The van der Waals surface area contributed by atoms with Crippen molar-refractivity contribution in [3.05, 3.63) is 119 Å². The number of unbranched alkanes of at least 4 members (excludes halogenated alkanes) is 1. The summed E-state index contributed by atoms with van der Waals surface area (Å²) in [7, 11) is 0. The van der Waals surface area contributed by atoms with Gasteiger partial charge >= 0.3 is 0 Å². The summed E-state index contributed by atoms with van der Waals surface area (Å²) in [6, 6.07) is 8.20. The van der Waals surface area contributed by atoms with Crippen molar-refractivity contribution in [2.75, 3.05) is 6.54 Å². The lowest BCUT2D eigenvalue weighted by Gasteiger charge is -2.37. The van der Waals surface area contributed by atoms with Crippen molar-refractivity contribution in [3.63, 3.8) is 0 Å². The first-order valence-corrected chi connectivity index (χ1v) is 16.5. The fourth-order valence-corrected chi connectivity index (χ4v) is 4.72. The van der Waals surface area contributed by atoms with Gasteiger partial charge in [-0.05, 0) is 57.8 Å². The summed E-state index contributed by atoms with van der Waals surface area (Å²) in [5.41, 5.74) is 10.9. The Morgan fingerprint density at radius 2 is 1.74 bits per heavy atom. The highest BCUT2D eigenvalue weighted by atomic mass is 19.1. The number of aromatic nitrogens is 3. The van der Waals surface area contributed by atoms with Gasteiger partial charge in [0.15, 0.2) is 17.4 Å². The van der Waals surface area contributed by atoms with Crippen LogP contribution in [0.25, 0.3) is 17.0 Å². The molecule has 2 aliphatic rings. The van der Waals surface area contributed by atoms with Gasteiger partial charge in [0.25, 0.3) is 0 Å². The number of hydrogen-bond donors (Lipinski definition) is 0. The Labute approximate surface area is 278 Å². The van der Waals surface area contributed by atoms with Crippen LogP contribution in [-0.2, 0) is 6.42 Å². The molecule has 0 radical (unpaired) electrons. The Balaban J connectivity index is 0.00000166. The number of aryl methyl sites for hydroxylation is 1. The van der Waals surface area contributed by atoms with E-state index in [0.717, 1.165) is 41.7 Å². The SMILES string of the molecule is C#C.CC.CC.CC=CC(C)(F)N(CCc1nc(C2=CCC(C)C=C2)nc(-c2ccc(C)cc2)n1)/C(=C\CCC)C1=C=C=CC=C1. The first kappa shape index (κ1) is 39.5. The van der Waals surface area contributed by atoms with E-state index in [4.69, 9.17) is 15.0 Å². The van der Waals surface area contributed by atoms with Crippen molar-refractivity contribution >= 4 is 5.57 Å². The van der Waals surface area contributed by atoms with E-state index in [1.165, 1.54) is 5.56 Å². The van der Waals surface area contributed by atoms with Gasteiger partial charge in [0, 0.05) is 29.7 Å². The van der Waals surface area contributed by atoms with Crippen LogP contribution in [0.1, 0.15) is 91.9 Å². The molecule has 5 heteroatoms. The molecule has 0 N–H and O–H groups in total. The maximum absolute atomic E-state index is 16.3. The highest BCUT2D eigenvalue weighted by Gasteiger charge is 2.31. The summed E-state index contributed by atoms with van der Waals surface area (Å²) in [5, 5.41) is 0. The quantitative estimate of drug-likeness (QED) is 0.108. The summed E-state index contributed by atoms with van der Waals surface area (Å²) in [5.74, 6) is 0.680. The molecular weight excluding hydrogens is 567 g/mol. The maximum Gasteiger partial charge on any atom is 0.198 e. The van der Waals surface area contributed by atoms with E-state index in [-0.39, 0.29) is 0 Å². The van der Waals surface area contributed by atoms with Gasteiger partial charge < -0.3 is 4.90 Å². The third kappa shape index (κ3) is 11.8. The van der Waals surface area contributed by atoms with Gasteiger partial charge in [-0.25, -0.2) is 19.3 Å². The summed E-state index contributed by atoms with van der Waals surface area (Å²) < 4.78 is 16.3. The lowest BCUT2D eigenvalue weighted by molar-refractivity contribution is 0.0588. The van der Waals surface area contributed by atoms with Crippen molar-refractivity contribution in [1.29, 1.82) is 0 Å². The number of rotatable bonds is 11. The van der Waals surface area contributed by atoms with Gasteiger partial charge in [-0.1, -0.05) is 126 Å². The molecule has 0 bridgehead atoms. The Bertz CT molecular complexity index is 1500. The second-order valence-corrected chi connectivity index (χ2v) is 10.5. The van der Waals surface area contributed by atoms with Gasteiger partial charge in [-0.15, -0.1) is 12.8 Å². The van der Waals surface area contributed by atoms with Crippen molar-refractivity contribution in [2.45, 2.75) is 93.8 Å². The van der Waals surface area contributed by atoms with Crippen molar-refractivity contribution in [3.8, 4) is 24.2 Å². The van der Waals surface area contributed by atoms with E-state index >= 15 is 4.39 Å². The van der Waals surface area contributed by atoms with Crippen molar-refractivity contribution in [2.24, 2.45) is 5.92 Å². The normalized spacial score (nSPS) is 16.1. The smallest absolute Gasteiger partial charge is 0.198 e. The van der Waals surface area contributed by atoms with E-state index in [0.29, 0.717) is 36.4 Å². The van der Waals surface area contributed by atoms with E-state index in [1.54, 1.807) is 30.1 Å². The molecule has 0 fully saturated rings. The molecular formula is C41H53FN4. The lowest BCUT2D eigenvalue weighted by Crippen LogP contribution is -2.42. The Kier molecular flexibility index (Phi) is 18.3. The summed E-state index contributed by atoms with van der Waals surface area (Å²) in [4.78, 5) is 16.4. The largest absolute Gasteiger partial charge is 0.335 e. The first-order valence-electron chi connectivity index (χ1n) is 16.5. The number of hydrogen-bond acceptors (Lipinski definition) is 4. The Hall–Kier alpha value is -4.48. The van der Waals surface area contributed by atoms with E-state index in [1.807, 2.05) is 58.9 Å². The molecule has 0 spiro atoms. The van der Waals surface area contributed by atoms with E-state index in [9.17, 15) is 0 Å². The lowest BCUT2D eigenvalue weighted by atomic mass is 9.98. The molecule has 2 aromatic rings. The molecule has 0 aliphatic heterocycles. The minimum atomic E-state index is -1.72. The third-order valence-electron chi connectivity index (χ3n) is 6.96. The standard InChI is InChI=1S/C35H39FN4.2C2H6.C2H2/c1-6-8-14-31(28-12-10-9-11-13-28)40(35(5,36)24-7-2)25-23-32-37-33(29-19-15-26(3)16-20-29)39-34(38-32)30-21-17-27(4)18-22-30;3*1-2/h7,9-10,12,14-17,19-22,24,27H,6,8,18,23,25H2,1-5H3;2*1-2H3;1-2H/b24-7?,31-14-;;;. The van der Waals surface area contributed by atoms with Crippen LogP contribution < -0.4 is 0 Å². The van der Waals surface area contributed by atoms with Gasteiger partial charge in [0.2, 0.25) is 0 Å². The minimum absolute atomic E-state index is 0.373. The number of halogens is 1. The molecule has 1 aromatic heterocycles. The number of alkyl halides is 1. The predicted molar refractivity (Wildman–Crippen MR) is 195 cm³/mol. The molecule has 4 nitrogen and oxygen atoms in total. The molecule has 0 saturated heterocycles. The van der Waals surface area contributed by atoms with Gasteiger partial charge in [-0.3, -0.25) is 0 Å². The zero-order valence-corrected chi connectivity index (χ0v) is 29.4. The molecule has 2 unspecified atom stereocenters. The molecule has 4 rings (SSSR count). The van der Waals surface area contributed by atoms with E-state index in [2.05, 4.69) is 81.5 Å². The topological polar surface area (TPSA) is 41.9 Å². The van der Waals surface area contributed by atoms with Crippen molar-refractivity contribution in [1.82, 2.24) is 19.9 Å². The number of benzene rings is 1. The fourth-order valence-electron chi connectivity index (χ4n) is 4.72. The van der Waals surface area contributed by atoms with Gasteiger partial charge in [0.1, 0.15) is 5.82 Å². The molecule has 2 aliphatic carbocycles. The summed E-state index contributed by atoms with van der Waals surface area (Å²) in [6.45, 7) is 18.2. The zero-order chi connectivity index (χ0) is 34.5. The first-order chi connectivity index (χ1) is 22.3. The number of nitrogens with zero attached hydrogens (tertiary/aromatic N) is 4. The predicted octanol–water partition coefficient (Wildman–Crippen LogP) is 10.7. The second kappa shape index (κ2) is 21.3. The number of terminal acetylenes is 1. The highest BCUT2D eigenvalue weighted by Crippen LogP contribution is 2.30. The van der Waals surface area contributed by atoms with Gasteiger partial charge in [0.05, 0.1) is 5.70 Å². The maximum atomic E-state index is 16.3. The molecule has 1 heterocycles. The monoisotopic (exact) mass is 620 g/mol. The summed E-state index contributed by atoms with van der Waals surface area (Å²) >= 11 is 0. The third-order valence-corrected chi connectivity index (χ3v) is 6.96. The zero-order valence-electron chi connectivity index (χ0n) is 29.4. The van der Waals surface area contributed by atoms with Crippen LogP contribution in [0, 0.1) is 25.7 Å². The van der Waals surface area contributed by atoms with Crippen LogP contribution in [0.2, 0.25) is 0 Å². The fraction of sp³-hybridized carbons (Fsp3) is 0.390. The molecule has 0 amide bonds. The van der Waals surface area contributed by atoms with Crippen LogP contribution >= 0.6 is 0 Å². The molecule has 46 heavy (non-hydrogen) atoms. The molecule has 244 valence electrons. The minimum Gasteiger partial charge on any atom is -0.335 e. The van der Waals surface area contributed by atoms with Gasteiger partial charge in [-0.2, -0.15) is 0 Å². The Morgan fingerprint density at radius 3 is 2.30 bits per heavy atom. The highest BCUT2D eigenvalue weighted by molar-refractivity contribution is 5.71. The average molecular weight is 621 g/mol. The molecule has 1 aromatic carbocycles. The Morgan fingerprint density at radius 1 is 1.07 bits per heavy atom. The molecule has 2 atom stereocenters. The van der Waals surface area contributed by atoms with Crippen LogP contribution in [-0.4, -0.2) is 32.2 Å². The second-order valence-electron chi connectivity index (χ2n) is 10.5. The van der Waals surface area contributed by atoms with Crippen LogP contribution in [0.3, 0.4) is 0 Å². The van der Waals surface area contributed by atoms with E-state index < -0.39 is 5.79 Å². The van der Waals surface area contributed by atoms with Crippen molar-refractivity contribution < 1.29 is 4.39 Å². The average Bonchev–Trinajstić information content (AvgIpc) is 3.09. The van der Waals surface area contributed by atoms with Crippen LogP contribution in [0.15, 0.2) is 102 Å².